The van der Waals surface area contributed by atoms with Gasteiger partial charge in [0.05, 0.1) is 5.56 Å². The number of unbranched alkanes of at least 4 members (excludes halogenated alkanes) is 1. The lowest BCUT2D eigenvalue weighted by Gasteiger charge is -2.09. The van der Waals surface area contributed by atoms with Gasteiger partial charge in [0.15, 0.2) is 0 Å². The van der Waals surface area contributed by atoms with E-state index in [2.05, 4.69) is 31.2 Å². The zero-order chi connectivity index (χ0) is 28.0. The summed E-state index contributed by atoms with van der Waals surface area (Å²) in [5, 5.41) is 0. The Kier molecular flexibility index (Phi) is 8.59. The third-order valence-electron chi connectivity index (χ3n) is 6.15. The summed E-state index contributed by atoms with van der Waals surface area (Å²) >= 11 is 0. The monoisotopic (exact) mass is 536 g/mol. The SMILES string of the molecule is CCCCc1ccc(-c2ccc(-c3ccc(C(=O)Oc4cc(F)c(C=CC(F)(F)F)c(F)c4)cc3)cc2)cc1. The molecule has 0 aliphatic heterocycles. The van der Waals surface area contributed by atoms with Gasteiger partial charge >= 0.3 is 12.1 Å². The first-order valence-electron chi connectivity index (χ1n) is 12.4. The van der Waals surface area contributed by atoms with Gasteiger partial charge in [-0.15, -0.1) is 0 Å². The van der Waals surface area contributed by atoms with Crippen molar-refractivity contribution < 1.29 is 31.5 Å². The normalized spacial score (nSPS) is 11.6. The summed E-state index contributed by atoms with van der Waals surface area (Å²) in [5.74, 6) is -3.90. The molecule has 2 nitrogen and oxygen atoms in total. The number of rotatable bonds is 8. The number of halogens is 5. The second-order valence-electron chi connectivity index (χ2n) is 9.02. The standard InChI is InChI=1S/C32H25F5O2/c1-2-3-4-21-5-7-22(8-6-21)23-9-11-24(12-10-23)25-13-15-26(16-14-25)31(38)39-27-19-29(33)28(30(34)20-27)17-18-32(35,36)37/h5-20H,2-4H2,1H3. The molecule has 4 aromatic carbocycles. The van der Waals surface area contributed by atoms with Crippen molar-refractivity contribution in [3.05, 3.63) is 119 Å². The zero-order valence-electron chi connectivity index (χ0n) is 21.1. The Morgan fingerprint density at radius 3 is 1.69 bits per heavy atom. The first kappa shape index (κ1) is 27.8. The van der Waals surface area contributed by atoms with Crippen molar-refractivity contribution in [2.24, 2.45) is 0 Å². The van der Waals surface area contributed by atoms with Crippen LogP contribution in [0.5, 0.6) is 5.75 Å². The fourth-order valence-electron chi connectivity index (χ4n) is 4.02. The van der Waals surface area contributed by atoms with E-state index in [0.29, 0.717) is 12.1 Å². The van der Waals surface area contributed by atoms with E-state index in [9.17, 15) is 26.7 Å². The van der Waals surface area contributed by atoms with E-state index >= 15 is 0 Å². The van der Waals surface area contributed by atoms with Crippen LogP contribution in [0.4, 0.5) is 22.0 Å². The highest BCUT2D eigenvalue weighted by molar-refractivity contribution is 5.91. The van der Waals surface area contributed by atoms with Gasteiger partial charge in [0.2, 0.25) is 0 Å². The highest BCUT2D eigenvalue weighted by Crippen LogP contribution is 2.28. The van der Waals surface area contributed by atoms with Crippen molar-refractivity contribution in [1.82, 2.24) is 0 Å². The topological polar surface area (TPSA) is 26.3 Å². The van der Waals surface area contributed by atoms with E-state index < -0.39 is 35.1 Å². The number of hydrogen-bond donors (Lipinski definition) is 0. The number of ether oxygens (including phenoxy) is 1. The molecule has 4 aromatic rings. The molecule has 200 valence electrons. The molecule has 7 heteroatoms. The molecule has 0 unspecified atom stereocenters. The predicted octanol–water partition coefficient (Wildman–Crippen LogP) is 9.44. The highest BCUT2D eigenvalue weighted by Gasteiger charge is 2.23. The lowest BCUT2D eigenvalue weighted by molar-refractivity contribution is -0.0790. The second kappa shape index (κ2) is 12.1. The number of carbonyl (C=O) groups excluding carboxylic acids is 1. The maximum Gasteiger partial charge on any atom is 0.409 e. The van der Waals surface area contributed by atoms with Gasteiger partial charge in [-0.25, -0.2) is 13.6 Å². The molecule has 0 aliphatic rings. The molecule has 0 aromatic heterocycles. The van der Waals surface area contributed by atoms with Crippen molar-refractivity contribution in [2.75, 3.05) is 0 Å². The molecule has 0 spiro atoms. The van der Waals surface area contributed by atoms with Crippen molar-refractivity contribution in [1.29, 1.82) is 0 Å². The van der Waals surface area contributed by atoms with Gasteiger partial charge in [-0.05, 0) is 58.9 Å². The molecule has 0 heterocycles. The minimum atomic E-state index is -4.72. The zero-order valence-corrected chi connectivity index (χ0v) is 21.1. The van der Waals surface area contributed by atoms with Gasteiger partial charge in [-0.3, -0.25) is 0 Å². The van der Waals surface area contributed by atoms with Gasteiger partial charge in [-0.2, -0.15) is 13.2 Å². The summed E-state index contributed by atoms with van der Waals surface area (Å²) in [6, 6.07) is 24.3. The lowest BCUT2D eigenvalue weighted by Crippen LogP contribution is -2.09. The average Bonchev–Trinajstić information content (AvgIpc) is 2.91. The maximum atomic E-state index is 14.1. The largest absolute Gasteiger partial charge is 0.423 e. The van der Waals surface area contributed by atoms with E-state index in [0.717, 1.165) is 35.1 Å². The Hall–Kier alpha value is -4.26. The molecule has 0 radical (unpaired) electrons. The molecule has 39 heavy (non-hydrogen) atoms. The summed E-state index contributed by atoms with van der Waals surface area (Å²) in [5.41, 5.74) is 4.57. The maximum absolute atomic E-state index is 14.1. The van der Waals surface area contributed by atoms with Gasteiger partial charge in [0, 0.05) is 23.8 Å². The summed E-state index contributed by atoms with van der Waals surface area (Å²) in [7, 11) is 0. The Morgan fingerprint density at radius 2 is 1.23 bits per heavy atom. The van der Waals surface area contributed by atoms with Crippen LogP contribution in [-0.2, 0) is 6.42 Å². The third kappa shape index (κ3) is 7.41. The summed E-state index contributed by atoms with van der Waals surface area (Å²) < 4.78 is 70.2. The number of benzene rings is 4. The Labute approximate surface area is 223 Å². The highest BCUT2D eigenvalue weighted by atomic mass is 19.4. The predicted molar refractivity (Wildman–Crippen MR) is 142 cm³/mol. The van der Waals surface area contributed by atoms with E-state index in [1.165, 1.54) is 24.1 Å². The van der Waals surface area contributed by atoms with Gasteiger partial charge in [-0.1, -0.05) is 74.0 Å². The van der Waals surface area contributed by atoms with Crippen LogP contribution in [0.1, 0.15) is 41.3 Å². The average molecular weight is 537 g/mol. The van der Waals surface area contributed by atoms with E-state index in [1.54, 1.807) is 12.1 Å². The lowest BCUT2D eigenvalue weighted by atomic mass is 9.98. The molecule has 0 saturated heterocycles. The smallest absolute Gasteiger partial charge is 0.409 e. The minimum absolute atomic E-state index is 0.139. The fraction of sp³-hybridized carbons (Fsp3) is 0.156. The van der Waals surface area contributed by atoms with E-state index in [-0.39, 0.29) is 17.7 Å². The van der Waals surface area contributed by atoms with Crippen LogP contribution in [0, 0.1) is 11.6 Å². The van der Waals surface area contributed by atoms with Crippen LogP contribution >= 0.6 is 0 Å². The number of aryl methyl sites for hydroxylation is 1. The molecule has 0 fully saturated rings. The molecule has 0 N–H and O–H groups in total. The molecule has 0 aliphatic carbocycles. The third-order valence-corrected chi connectivity index (χ3v) is 6.15. The van der Waals surface area contributed by atoms with Crippen LogP contribution < -0.4 is 4.74 Å². The number of allylic oxidation sites excluding steroid dienone is 1. The molecule has 4 rings (SSSR count). The molecule has 0 amide bonds. The van der Waals surface area contributed by atoms with Gasteiger partial charge < -0.3 is 4.74 Å². The van der Waals surface area contributed by atoms with E-state index in [4.69, 9.17) is 4.74 Å². The first-order valence-corrected chi connectivity index (χ1v) is 12.4. The summed E-state index contributed by atoms with van der Waals surface area (Å²) in [4.78, 5) is 12.5. The summed E-state index contributed by atoms with van der Waals surface area (Å²) in [6.45, 7) is 2.17. The molecular weight excluding hydrogens is 511 g/mol. The van der Waals surface area contributed by atoms with Crippen LogP contribution in [-0.4, -0.2) is 12.1 Å². The molecule has 0 atom stereocenters. The van der Waals surface area contributed by atoms with Crippen LogP contribution in [0.3, 0.4) is 0 Å². The Morgan fingerprint density at radius 1 is 0.769 bits per heavy atom. The molecule has 0 saturated carbocycles. The van der Waals surface area contributed by atoms with Crippen molar-refractivity contribution in [3.8, 4) is 28.0 Å². The van der Waals surface area contributed by atoms with Crippen LogP contribution in [0.25, 0.3) is 28.3 Å². The Balaban J connectivity index is 1.42. The van der Waals surface area contributed by atoms with Gasteiger partial charge in [0.25, 0.3) is 0 Å². The number of carbonyl (C=O) groups is 1. The Bertz CT molecular complexity index is 1430. The second-order valence-corrected chi connectivity index (χ2v) is 9.02. The van der Waals surface area contributed by atoms with E-state index in [1.807, 2.05) is 24.3 Å². The van der Waals surface area contributed by atoms with Crippen molar-refractivity contribution >= 4 is 12.0 Å². The van der Waals surface area contributed by atoms with Crippen molar-refractivity contribution in [3.63, 3.8) is 0 Å². The van der Waals surface area contributed by atoms with Crippen LogP contribution in [0.15, 0.2) is 91.0 Å². The minimum Gasteiger partial charge on any atom is -0.423 e. The number of hydrogen-bond acceptors (Lipinski definition) is 2. The van der Waals surface area contributed by atoms with Gasteiger partial charge in [0.1, 0.15) is 17.4 Å². The number of alkyl halides is 3. The van der Waals surface area contributed by atoms with Crippen LogP contribution in [0.2, 0.25) is 0 Å². The molecular formula is C32H25F5O2. The molecule has 0 bridgehead atoms. The van der Waals surface area contributed by atoms with Crippen molar-refractivity contribution in [2.45, 2.75) is 32.4 Å². The first-order chi connectivity index (χ1) is 18.6. The quantitative estimate of drug-likeness (QED) is 0.127. The number of esters is 1. The summed E-state index contributed by atoms with van der Waals surface area (Å²) in [6.07, 6.45) is -1.32. The fourth-order valence-corrected chi connectivity index (χ4v) is 4.02.